The zero-order valence-corrected chi connectivity index (χ0v) is 12.5. The Hall–Kier alpha value is -0.910. The first-order valence-corrected chi connectivity index (χ1v) is 7.13. The molecule has 1 heterocycles. The third kappa shape index (κ3) is 4.30. The highest BCUT2D eigenvalue weighted by Crippen LogP contribution is 2.25. The van der Waals surface area contributed by atoms with Crippen molar-refractivity contribution in [2.75, 3.05) is 26.9 Å². The Morgan fingerprint density at radius 3 is 3.05 bits per heavy atom. The van der Waals surface area contributed by atoms with Crippen LogP contribution in [0, 0.1) is 0 Å². The van der Waals surface area contributed by atoms with Crippen LogP contribution in [0.1, 0.15) is 12.0 Å². The van der Waals surface area contributed by atoms with E-state index in [4.69, 9.17) is 9.47 Å². The third-order valence-electron chi connectivity index (χ3n) is 3.09. The van der Waals surface area contributed by atoms with Gasteiger partial charge in [0.05, 0.1) is 24.8 Å². The molecular weight excluding hydrogens is 310 g/mol. The maximum Gasteiger partial charge on any atom is 0.138 e. The zero-order chi connectivity index (χ0) is 13.7. The molecule has 2 rings (SSSR count). The van der Waals surface area contributed by atoms with E-state index >= 15 is 0 Å². The number of nitrogens with one attached hydrogen (secondary N) is 1. The van der Waals surface area contributed by atoms with Gasteiger partial charge >= 0.3 is 0 Å². The third-order valence-corrected chi connectivity index (χ3v) is 3.71. The summed E-state index contributed by atoms with van der Waals surface area (Å²) in [6.45, 7) is 2.18. The monoisotopic (exact) mass is 327 g/mol. The molecule has 0 aliphatic carbocycles. The van der Waals surface area contributed by atoms with Crippen molar-refractivity contribution in [2.45, 2.75) is 18.9 Å². The van der Waals surface area contributed by atoms with Gasteiger partial charge in [-0.05, 0) is 33.6 Å². The van der Waals surface area contributed by atoms with Gasteiger partial charge in [0, 0.05) is 25.4 Å². The smallest absolute Gasteiger partial charge is 0.138 e. The molecule has 19 heavy (non-hydrogen) atoms. The molecule has 1 unspecified atom stereocenters. The van der Waals surface area contributed by atoms with Gasteiger partial charge in [-0.3, -0.25) is 4.79 Å². The van der Waals surface area contributed by atoms with Crippen LogP contribution in [0.5, 0.6) is 5.75 Å². The van der Waals surface area contributed by atoms with Crippen molar-refractivity contribution in [1.82, 2.24) is 5.32 Å². The molecule has 4 nitrogen and oxygen atoms in total. The fourth-order valence-electron chi connectivity index (χ4n) is 2.15. The second-order valence-corrected chi connectivity index (χ2v) is 5.47. The van der Waals surface area contributed by atoms with E-state index in [2.05, 4.69) is 21.2 Å². The Morgan fingerprint density at radius 2 is 2.42 bits per heavy atom. The van der Waals surface area contributed by atoms with Crippen LogP contribution in [0.2, 0.25) is 0 Å². The van der Waals surface area contributed by atoms with Crippen LogP contribution in [0.25, 0.3) is 0 Å². The highest BCUT2D eigenvalue weighted by molar-refractivity contribution is 9.10. The molecule has 1 fully saturated rings. The summed E-state index contributed by atoms with van der Waals surface area (Å²) < 4.78 is 11.4. The van der Waals surface area contributed by atoms with Gasteiger partial charge in [-0.1, -0.05) is 6.07 Å². The van der Waals surface area contributed by atoms with E-state index in [9.17, 15) is 4.79 Å². The van der Waals surface area contributed by atoms with Crippen molar-refractivity contribution in [2.24, 2.45) is 0 Å². The van der Waals surface area contributed by atoms with Gasteiger partial charge in [0.2, 0.25) is 0 Å². The van der Waals surface area contributed by atoms with Crippen molar-refractivity contribution < 1.29 is 14.3 Å². The number of Topliss-reactive ketones (excluding diaryl/α,β-unsaturated/α-hetero) is 1. The van der Waals surface area contributed by atoms with E-state index in [0.29, 0.717) is 19.4 Å². The second-order valence-electron chi connectivity index (χ2n) is 4.61. The minimum atomic E-state index is 0.155. The number of ether oxygens (including phenoxy) is 2. The maximum absolute atomic E-state index is 12.0. The fraction of sp³-hybridized carbons (Fsp3) is 0.500. The molecule has 1 atom stereocenters. The molecule has 1 aliphatic heterocycles. The Kier molecular flexibility index (Phi) is 5.36. The van der Waals surface area contributed by atoms with Gasteiger partial charge < -0.3 is 14.8 Å². The molecular formula is C14H18BrNO3. The summed E-state index contributed by atoms with van der Waals surface area (Å²) in [5.74, 6) is 0.999. The second kappa shape index (κ2) is 7.03. The van der Waals surface area contributed by atoms with Gasteiger partial charge in [-0.2, -0.15) is 0 Å². The summed E-state index contributed by atoms with van der Waals surface area (Å²) in [5, 5.41) is 3.29. The van der Waals surface area contributed by atoms with E-state index in [0.717, 1.165) is 28.9 Å². The van der Waals surface area contributed by atoms with E-state index < -0.39 is 0 Å². The predicted octanol–water partition coefficient (Wildman–Crippen LogP) is 1.95. The molecule has 0 spiro atoms. The average molecular weight is 328 g/mol. The molecule has 0 radical (unpaired) electrons. The highest BCUT2D eigenvalue weighted by atomic mass is 79.9. The number of morpholine rings is 1. The largest absolute Gasteiger partial charge is 0.496 e. The van der Waals surface area contributed by atoms with Gasteiger partial charge in [-0.15, -0.1) is 0 Å². The van der Waals surface area contributed by atoms with Crippen LogP contribution in [0.3, 0.4) is 0 Å². The molecule has 1 aromatic rings. The lowest BCUT2D eigenvalue weighted by molar-refractivity contribution is -0.119. The van der Waals surface area contributed by atoms with Crippen molar-refractivity contribution >= 4 is 21.7 Å². The van der Waals surface area contributed by atoms with Crippen LogP contribution in [-0.2, 0) is 16.0 Å². The fourth-order valence-corrected chi connectivity index (χ4v) is 2.73. The first kappa shape index (κ1) is 14.5. The summed E-state index contributed by atoms with van der Waals surface area (Å²) in [6, 6.07) is 5.88. The Balaban J connectivity index is 1.89. The molecule has 0 saturated carbocycles. The lowest BCUT2D eigenvalue weighted by atomic mass is 10.0. The number of ketones is 1. The Bertz CT molecular complexity index is 444. The molecule has 5 heteroatoms. The van der Waals surface area contributed by atoms with Gasteiger partial charge in [0.1, 0.15) is 11.5 Å². The first-order valence-electron chi connectivity index (χ1n) is 6.34. The number of hydrogen-bond acceptors (Lipinski definition) is 4. The summed E-state index contributed by atoms with van der Waals surface area (Å²) in [6.07, 6.45) is 0.963. The molecule has 1 aliphatic rings. The van der Waals surface area contributed by atoms with Crippen molar-refractivity contribution in [3.63, 3.8) is 0 Å². The van der Waals surface area contributed by atoms with Gasteiger partial charge in [-0.25, -0.2) is 0 Å². The van der Waals surface area contributed by atoms with Crippen LogP contribution < -0.4 is 10.1 Å². The average Bonchev–Trinajstić information content (AvgIpc) is 2.40. The predicted molar refractivity (Wildman–Crippen MR) is 76.6 cm³/mol. The lowest BCUT2D eigenvalue weighted by Gasteiger charge is -2.23. The van der Waals surface area contributed by atoms with Crippen LogP contribution >= 0.6 is 15.9 Å². The number of benzene rings is 1. The summed E-state index contributed by atoms with van der Waals surface area (Å²) in [5.41, 5.74) is 0.995. The normalized spacial score (nSPS) is 19.2. The molecule has 0 aromatic heterocycles. The lowest BCUT2D eigenvalue weighted by Crippen LogP contribution is -2.42. The molecule has 1 N–H and O–H groups in total. The topological polar surface area (TPSA) is 47.6 Å². The Morgan fingerprint density at radius 1 is 1.58 bits per heavy atom. The number of methoxy groups -OCH3 is 1. The number of carbonyl (C=O) groups is 1. The van der Waals surface area contributed by atoms with E-state index in [1.165, 1.54) is 0 Å². The molecule has 0 bridgehead atoms. The zero-order valence-electron chi connectivity index (χ0n) is 10.9. The first-order chi connectivity index (χ1) is 9.19. The molecule has 0 amide bonds. The van der Waals surface area contributed by atoms with E-state index in [1.807, 2.05) is 18.2 Å². The van der Waals surface area contributed by atoms with Crippen molar-refractivity contribution in [1.29, 1.82) is 0 Å². The number of halogens is 1. The molecule has 104 valence electrons. The molecule has 1 aromatic carbocycles. The number of carbonyl (C=O) groups excluding carboxylic acids is 1. The Labute approximate surface area is 121 Å². The number of rotatable bonds is 5. The van der Waals surface area contributed by atoms with E-state index in [1.54, 1.807) is 7.11 Å². The maximum atomic E-state index is 12.0. The highest BCUT2D eigenvalue weighted by Gasteiger charge is 2.17. The van der Waals surface area contributed by atoms with Crippen LogP contribution in [-0.4, -0.2) is 38.7 Å². The summed E-state index contributed by atoms with van der Waals surface area (Å²) in [4.78, 5) is 12.0. The number of hydrogen-bond donors (Lipinski definition) is 1. The van der Waals surface area contributed by atoms with Gasteiger partial charge in [0.25, 0.3) is 0 Å². The summed E-state index contributed by atoms with van der Waals surface area (Å²) >= 11 is 3.43. The minimum absolute atomic E-state index is 0.155. The van der Waals surface area contributed by atoms with Crippen molar-refractivity contribution in [3.05, 3.63) is 28.2 Å². The van der Waals surface area contributed by atoms with Crippen LogP contribution in [0.15, 0.2) is 22.7 Å². The summed E-state index contributed by atoms with van der Waals surface area (Å²) in [7, 11) is 1.62. The van der Waals surface area contributed by atoms with Gasteiger partial charge in [0.15, 0.2) is 0 Å². The van der Waals surface area contributed by atoms with Crippen molar-refractivity contribution in [3.8, 4) is 5.75 Å². The SMILES string of the molecule is COc1ccc(CC(=O)CC2COCCN2)cc1Br. The van der Waals surface area contributed by atoms with E-state index in [-0.39, 0.29) is 11.8 Å². The standard InChI is InChI=1S/C14H18BrNO3/c1-18-14-3-2-10(7-13(14)15)6-12(17)8-11-9-19-5-4-16-11/h2-3,7,11,16H,4-6,8-9H2,1H3. The minimum Gasteiger partial charge on any atom is -0.496 e. The van der Waals surface area contributed by atoms with Crippen LogP contribution in [0.4, 0.5) is 0 Å². The molecule has 1 saturated heterocycles. The quantitative estimate of drug-likeness (QED) is 0.898.